The third-order valence-corrected chi connectivity index (χ3v) is 2.72. The third kappa shape index (κ3) is 3.99. The zero-order valence-electron chi connectivity index (χ0n) is 11.4. The summed E-state index contributed by atoms with van der Waals surface area (Å²) in [5.74, 6) is -0.712. The molecule has 0 radical (unpaired) electrons. The molecule has 18 heavy (non-hydrogen) atoms. The van der Waals surface area contributed by atoms with Crippen molar-refractivity contribution >= 4 is 11.8 Å². The fourth-order valence-electron chi connectivity index (χ4n) is 1.90. The van der Waals surface area contributed by atoms with Gasteiger partial charge in [0.1, 0.15) is 0 Å². The Kier molecular flexibility index (Phi) is 5.08. The average molecular weight is 248 g/mol. The molecule has 0 N–H and O–H groups in total. The second-order valence-electron chi connectivity index (χ2n) is 4.66. The molecule has 0 saturated carbocycles. The molecule has 0 heterocycles. The van der Waals surface area contributed by atoms with Crippen molar-refractivity contribution in [1.82, 2.24) is 0 Å². The smallest absolute Gasteiger partial charge is 0.309 e. The van der Waals surface area contributed by atoms with E-state index in [2.05, 4.69) is 0 Å². The van der Waals surface area contributed by atoms with E-state index in [9.17, 15) is 9.59 Å². The number of ether oxygens (including phenoxy) is 1. The molecule has 3 nitrogen and oxygen atoms in total. The van der Waals surface area contributed by atoms with Gasteiger partial charge in [0, 0.05) is 12.0 Å². The van der Waals surface area contributed by atoms with E-state index in [1.807, 2.05) is 32.0 Å². The van der Waals surface area contributed by atoms with Gasteiger partial charge in [-0.1, -0.05) is 24.1 Å². The van der Waals surface area contributed by atoms with Crippen molar-refractivity contribution in [2.45, 2.75) is 34.1 Å². The normalized spacial score (nSPS) is 12.0. The van der Waals surface area contributed by atoms with Crippen LogP contribution in [0.15, 0.2) is 18.2 Å². The topological polar surface area (TPSA) is 43.4 Å². The van der Waals surface area contributed by atoms with Gasteiger partial charge in [0.25, 0.3) is 0 Å². The Hall–Kier alpha value is -1.64. The summed E-state index contributed by atoms with van der Waals surface area (Å²) >= 11 is 0. The fraction of sp³-hybridized carbons (Fsp3) is 0.467. The highest BCUT2D eigenvalue weighted by Crippen LogP contribution is 2.14. The predicted molar refractivity (Wildman–Crippen MR) is 70.7 cm³/mol. The summed E-state index contributed by atoms with van der Waals surface area (Å²) in [6, 6.07) is 5.73. The first-order valence-electron chi connectivity index (χ1n) is 6.22. The van der Waals surface area contributed by atoms with Crippen molar-refractivity contribution < 1.29 is 14.3 Å². The lowest BCUT2D eigenvalue weighted by molar-refractivity contribution is -0.147. The summed E-state index contributed by atoms with van der Waals surface area (Å²) in [5.41, 5.74) is 2.79. The predicted octanol–water partition coefficient (Wildman–Crippen LogP) is 3.08. The third-order valence-electron chi connectivity index (χ3n) is 2.72. The van der Waals surface area contributed by atoms with Crippen LogP contribution in [0.4, 0.5) is 0 Å². The van der Waals surface area contributed by atoms with Crippen molar-refractivity contribution in [3.05, 3.63) is 34.9 Å². The molecule has 0 aliphatic rings. The molecule has 0 spiro atoms. The number of benzene rings is 1. The maximum Gasteiger partial charge on any atom is 0.309 e. The number of aryl methyl sites for hydroxylation is 2. The maximum atomic E-state index is 12.1. The summed E-state index contributed by atoms with van der Waals surface area (Å²) in [6.45, 7) is 7.74. The minimum Gasteiger partial charge on any atom is -0.466 e. The molecular weight excluding hydrogens is 228 g/mol. The summed E-state index contributed by atoms with van der Waals surface area (Å²) in [7, 11) is 0. The molecule has 1 aromatic rings. The molecule has 1 unspecified atom stereocenters. The molecule has 0 aliphatic heterocycles. The van der Waals surface area contributed by atoms with E-state index in [1.165, 1.54) is 0 Å². The van der Waals surface area contributed by atoms with Gasteiger partial charge in [-0.25, -0.2) is 0 Å². The first kappa shape index (κ1) is 14.4. The Morgan fingerprint density at radius 3 is 2.22 bits per heavy atom. The molecular formula is C15H20O3. The van der Waals surface area contributed by atoms with Gasteiger partial charge in [0.2, 0.25) is 0 Å². The lowest BCUT2D eigenvalue weighted by atomic mass is 9.97. The van der Waals surface area contributed by atoms with Crippen molar-refractivity contribution in [3.63, 3.8) is 0 Å². The van der Waals surface area contributed by atoms with Gasteiger partial charge >= 0.3 is 5.97 Å². The molecule has 0 saturated heterocycles. The van der Waals surface area contributed by atoms with E-state index < -0.39 is 5.92 Å². The van der Waals surface area contributed by atoms with Crippen molar-refractivity contribution in [2.24, 2.45) is 5.92 Å². The van der Waals surface area contributed by atoms with Gasteiger partial charge in [-0.05, 0) is 32.9 Å². The van der Waals surface area contributed by atoms with Crippen LogP contribution in [-0.4, -0.2) is 18.4 Å². The first-order chi connectivity index (χ1) is 8.43. The van der Waals surface area contributed by atoms with Crippen LogP contribution in [0.5, 0.6) is 0 Å². The number of hydrogen-bond acceptors (Lipinski definition) is 3. The van der Waals surface area contributed by atoms with Gasteiger partial charge in [-0.2, -0.15) is 0 Å². The summed E-state index contributed by atoms with van der Waals surface area (Å²) in [4.78, 5) is 23.5. The second kappa shape index (κ2) is 6.34. The number of hydrogen-bond donors (Lipinski definition) is 0. The van der Waals surface area contributed by atoms with Crippen LogP contribution in [0.2, 0.25) is 0 Å². The number of Topliss-reactive ketones (excluding diaryl/α,β-unsaturated/α-hetero) is 1. The Labute approximate surface area is 108 Å². The Balaban J connectivity index is 2.73. The Morgan fingerprint density at radius 2 is 1.72 bits per heavy atom. The summed E-state index contributed by atoms with van der Waals surface area (Å²) < 4.78 is 4.90. The van der Waals surface area contributed by atoms with E-state index >= 15 is 0 Å². The van der Waals surface area contributed by atoms with Crippen LogP contribution in [0, 0.1) is 19.8 Å². The highest BCUT2D eigenvalue weighted by Gasteiger charge is 2.19. The summed E-state index contributed by atoms with van der Waals surface area (Å²) in [5, 5.41) is 0. The molecule has 0 aliphatic carbocycles. The largest absolute Gasteiger partial charge is 0.466 e. The van der Waals surface area contributed by atoms with E-state index in [-0.39, 0.29) is 18.2 Å². The van der Waals surface area contributed by atoms with Crippen LogP contribution in [-0.2, 0) is 9.53 Å². The monoisotopic (exact) mass is 248 g/mol. The van der Waals surface area contributed by atoms with Crippen LogP contribution in [0.25, 0.3) is 0 Å². The standard InChI is InChI=1S/C15H20O3/c1-5-18-15(17)12(4)9-14(16)13-7-10(2)6-11(3)8-13/h6-8,12H,5,9H2,1-4H3. The van der Waals surface area contributed by atoms with Gasteiger partial charge in [-0.15, -0.1) is 0 Å². The molecule has 3 heteroatoms. The van der Waals surface area contributed by atoms with Crippen molar-refractivity contribution in [2.75, 3.05) is 6.61 Å². The number of esters is 1. The average Bonchev–Trinajstić information content (AvgIpc) is 2.27. The molecule has 1 aromatic carbocycles. The van der Waals surface area contributed by atoms with Gasteiger partial charge in [0.15, 0.2) is 5.78 Å². The van der Waals surface area contributed by atoms with Crippen molar-refractivity contribution in [3.8, 4) is 0 Å². The molecule has 0 aromatic heterocycles. The van der Waals surface area contributed by atoms with Gasteiger partial charge < -0.3 is 4.74 Å². The number of carbonyl (C=O) groups excluding carboxylic acids is 2. The van der Waals surface area contributed by atoms with Gasteiger partial charge in [0.05, 0.1) is 12.5 Å². The highest BCUT2D eigenvalue weighted by atomic mass is 16.5. The Morgan fingerprint density at radius 1 is 1.17 bits per heavy atom. The molecule has 0 fully saturated rings. The first-order valence-corrected chi connectivity index (χ1v) is 6.22. The SMILES string of the molecule is CCOC(=O)C(C)CC(=O)c1cc(C)cc(C)c1. The van der Waals surface area contributed by atoms with Crippen LogP contribution >= 0.6 is 0 Å². The molecule has 1 atom stereocenters. The lowest BCUT2D eigenvalue weighted by Gasteiger charge is -2.10. The van der Waals surface area contributed by atoms with E-state index in [4.69, 9.17) is 4.74 Å². The van der Waals surface area contributed by atoms with Gasteiger partial charge in [-0.3, -0.25) is 9.59 Å². The molecule has 1 rings (SSSR count). The maximum absolute atomic E-state index is 12.1. The fourth-order valence-corrected chi connectivity index (χ4v) is 1.90. The number of carbonyl (C=O) groups is 2. The minimum atomic E-state index is -0.390. The van der Waals surface area contributed by atoms with E-state index in [0.717, 1.165) is 11.1 Å². The minimum absolute atomic E-state index is 0.0117. The molecule has 0 bridgehead atoms. The zero-order chi connectivity index (χ0) is 13.7. The second-order valence-corrected chi connectivity index (χ2v) is 4.66. The summed E-state index contributed by atoms with van der Waals surface area (Å²) in [6.07, 6.45) is 0.196. The van der Waals surface area contributed by atoms with Crippen LogP contribution in [0.3, 0.4) is 0 Å². The number of rotatable bonds is 5. The Bertz CT molecular complexity index is 429. The zero-order valence-corrected chi connectivity index (χ0v) is 11.4. The van der Waals surface area contributed by atoms with Crippen LogP contribution in [0.1, 0.15) is 41.8 Å². The quantitative estimate of drug-likeness (QED) is 0.594. The number of ketones is 1. The lowest BCUT2D eigenvalue weighted by Crippen LogP contribution is -2.18. The van der Waals surface area contributed by atoms with Crippen LogP contribution < -0.4 is 0 Å². The van der Waals surface area contributed by atoms with E-state index in [0.29, 0.717) is 12.2 Å². The highest BCUT2D eigenvalue weighted by molar-refractivity contribution is 5.98. The van der Waals surface area contributed by atoms with Crippen molar-refractivity contribution in [1.29, 1.82) is 0 Å². The van der Waals surface area contributed by atoms with E-state index in [1.54, 1.807) is 13.8 Å². The molecule has 0 amide bonds. The molecule has 98 valence electrons.